The van der Waals surface area contributed by atoms with E-state index in [0.29, 0.717) is 17.6 Å². The topological polar surface area (TPSA) is 41.6 Å². The Morgan fingerprint density at radius 1 is 1.26 bits per heavy atom. The number of methoxy groups -OCH3 is 1. The monoisotopic (exact) mass is 352 g/mol. The van der Waals surface area contributed by atoms with E-state index in [1.807, 2.05) is 0 Å². The Morgan fingerprint density at radius 2 is 1.96 bits per heavy atom. The predicted molar refractivity (Wildman–Crippen MR) is 98.5 cm³/mol. The average Bonchev–Trinajstić information content (AvgIpc) is 3.06. The van der Waals surface area contributed by atoms with Gasteiger partial charge in [-0.15, -0.1) is 11.3 Å². The Morgan fingerprint density at radius 3 is 2.61 bits per heavy atom. The highest BCUT2D eigenvalue weighted by Gasteiger charge is 2.31. The van der Waals surface area contributed by atoms with Crippen molar-refractivity contribution in [3.05, 3.63) is 16.0 Å². The second-order valence-electron chi connectivity index (χ2n) is 6.52. The van der Waals surface area contributed by atoms with Crippen LogP contribution in [-0.4, -0.2) is 35.2 Å². The van der Waals surface area contributed by atoms with Gasteiger partial charge < -0.3 is 15.0 Å². The fourth-order valence-corrected chi connectivity index (χ4v) is 5.60. The van der Waals surface area contributed by atoms with Crippen molar-refractivity contribution >= 4 is 39.6 Å². The van der Waals surface area contributed by atoms with E-state index in [4.69, 9.17) is 17.0 Å². The lowest BCUT2D eigenvalue weighted by Gasteiger charge is -2.40. The number of esters is 1. The van der Waals surface area contributed by atoms with Gasteiger partial charge in [0, 0.05) is 17.0 Å². The van der Waals surface area contributed by atoms with E-state index >= 15 is 0 Å². The third kappa shape index (κ3) is 3.11. The fourth-order valence-electron chi connectivity index (χ4n) is 3.79. The molecule has 0 bridgehead atoms. The minimum atomic E-state index is -0.255. The first-order chi connectivity index (χ1) is 11.0. The molecule has 6 heteroatoms. The molecule has 2 unspecified atom stereocenters. The van der Waals surface area contributed by atoms with E-state index in [1.54, 1.807) is 11.3 Å². The third-order valence-corrected chi connectivity index (χ3v) is 6.48. The molecule has 1 aromatic heterocycles. The summed E-state index contributed by atoms with van der Waals surface area (Å²) in [4.78, 5) is 15.8. The maximum atomic E-state index is 12.2. The summed E-state index contributed by atoms with van der Waals surface area (Å²) in [7, 11) is 1.44. The Kier molecular flexibility index (Phi) is 4.92. The molecule has 1 aliphatic heterocycles. The van der Waals surface area contributed by atoms with Gasteiger partial charge in [-0.1, -0.05) is 0 Å². The molecule has 0 aromatic carbocycles. The molecule has 1 fully saturated rings. The summed E-state index contributed by atoms with van der Waals surface area (Å²) >= 11 is 7.33. The van der Waals surface area contributed by atoms with Crippen molar-refractivity contribution in [3.8, 4) is 0 Å². The maximum absolute atomic E-state index is 12.2. The molecular formula is C17H24N2O2S2. The van der Waals surface area contributed by atoms with Gasteiger partial charge in [-0.3, -0.25) is 0 Å². The molecule has 1 N–H and O–H groups in total. The first-order valence-electron chi connectivity index (χ1n) is 8.35. The van der Waals surface area contributed by atoms with Gasteiger partial charge in [-0.25, -0.2) is 4.79 Å². The second kappa shape index (κ2) is 6.77. The number of anilines is 1. The molecular weight excluding hydrogens is 328 g/mol. The number of thiophene rings is 1. The maximum Gasteiger partial charge on any atom is 0.341 e. The molecule has 0 saturated carbocycles. The summed E-state index contributed by atoms with van der Waals surface area (Å²) in [5.74, 6) is -0.255. The number of nitrogens with zero attached hydrogens (tertiary/aromatic N) is 1. The van der Waals surface area contributed by atoms with E-state index in [2.05, 4.69) is 24.1 Å². The SMILES string of the molecule is COC(=O)c1c(NC(=S)N2C(C)CCCC2C)sc2c1CCC2. The van der Waals surface area contributed by atoms with Crippen LogP contribution in [0.25, 0.3) is 0 Å². The quantitative estimate of drug-likeness (QED) is 0.644. The highest BCUT2D eigenvalue weighted by molar-refractivity contribution is 7.80. The zero-order chi connectivity index (χ0) is 16.6. The van der Waals surface area contributed by atoms with Crippen LogP contribution in [0.4, 0.5) is 5.00 Å². The van der Waals surface area contributed by atoms with Crippen LogP contribution in [-0.2, 0) is 17.6 Å². The lowest BCUT2D eigenvalue weighted by molar-refractivity contribution is 0.0601. The summed E-state index contributed by atoms with van der Waals surface area (Å²) in [6.45, 7) is 4.44. The summed E-state index contributed by atoms with van der Waals surface area (Å²) < 4.78 is 5.00. The number of likely N-dealkylation sites (tertiary alicyclic amines) is 1. The number of thiocarbonyl (C=S) groups is 1. The molecule has 1 aliphatic carbocycles. The van der Waals surface area contributed by atoms with Crippen LogP contribution in [0.15, 0.2) is 0 Å². The molecule has 23 heavy (non-hydrogen) atoms. The number of carbonyl (C=O) groups excluding carboxylic acids is 1. The van der Waals surface area contributed by atoms with Crippen LogP contribution >= 0.6 is 23.6 Å². The smallest absolute Gasteiger partial charge is 0.341 e. The summed E-state index contributed by atoms with van der Waals surface area (Å²) in [5.41, 5.74) is 1.86. The van der Waals surface area contributed by atoms with Crippen LogP contribution in [0.3, 0.4) is 0 Å². The van der Waals surface area contributed by atoms with Gasteiger partial charge in [0.25, 0.3) is 0 Å². The Balaban J connectivity index is 1.85. The van der Waals surface area contributed by atoms with Gasteiger partial charge in [0.2, 0.25) is 0 Å². The zero-order valence-electron chi connectivity index (χ0n) is 14.0. The number of hydrogen-bond donors (Lipinski definition) is 1. The molecule has 0 spiro atoms. The predicted octanol–water partition coefficient (Wildman–Crippen LogP) is 3.98. The van der Waals surface area contributed by atoms with Gasteiger partial charge >= 0.3 is 5.97 Å². The number of piperidine rings is 1. The molecule has 1 aromatic rings. The van der Waals surface area contributed by atoms with Crippen LogP contribution < -0.4 is 5.32 Å². The number of nitrogens with one attached hydrogen (secondary N) is 1. The van der Waals surface area contributed by atoms with Crippen LogP contribution in [0, 0.1) is 0 Å². The summed E-state index contributed by atoms with van der Waals surface area (Å²) in [6.07, 6.45) is 6.71. The molecule has 0 amide bonds. The van der Waals surface area contributed by atoms with E-state index in [-0.39, 0.29) is 5.97 Å². The van der Waals surface area contributed by atoms with E-state index in [0.717, 1.165) is 47.8 Å². The largest absolute Gasteiger partial charge is 0.465 e. The molecule has 0 radical (unpaired) electrons. The van der Waals surface area contributed by atoms with E-state index in [9.17, 15) is 4.79 Å². The minimum Gasteiger partial charge on any atom is -0.465 e. The van der Waals surface area contributed by atoms with Gasteiger partial charge in [-0.05, 0) is 70.2 Å². The second-order valence-corrected chi connectivity index (χ2v) is 8.01. The number of hydrogen-bond acceptors (Lipinski definition) is 4. The molecule has 126 valence electrons. The van der Waals surface area contributed by atoms with Gasteiger partial charge in [0.1, 0.15) is 5.00 Å². The number of ether oxygens (including phenoxy) is 1. The summed E-state index contributed by atoms with van der Waals surface area (Å²) in [6, 6.07) is 0.874. The number of fused-ring (bicyclic) bond motifs is 1. The van der Waals surface area contributed by atoms with Crippen molar-refractivity contribution in [2.24, 2.45) is 0 Å². The minimum absolute atomic E-state index is 0.255. The van der Waals surface area contributed by atoms with Crippen molar-refractivity contribution in [3.63, 3.8) is 0 Å². The lowest BCUT2D eigenvalue weighted by atomic mass is 9.98. The number of rotatable bonds is 2. The van der Waals surface area contributed by atoms with Crippen molar-refractivity contribution in [1.82, 2.24) is 4.90 Å². The van der Waals surface area contributed by atoms with Crippen LogP contribution in [0.1, 0.15) is 60.3 Å². The normalized spacial score (nSPS) is 23.5. The Bertz CT molecular complexity index is 616. The van der Waals surface area contributed by atoms with Crippen molar-refractivity contribution in [2.75, 3.05) is 12.4 Å². The van der Waals surface area contributed by atoms with Gasteiger partial charge in [-0.2, -0.15) is 0 Å². The Labute approximate surface area is 147 Å². The molecule has 2 heterocycles. The summed E-state index contributed by atoms with van der Waals surface area (Å²) in [5, 5.41) is 4.95. The zero-order valence-corrected chi connectivity index (χ0v) is 15.6. The molecule has 2 atom stereocenters. The standard InChI is InChI=1S/C17H24N2O2S2/c1-10-6-4-7-11(2)19(10)17(22)18-15-14(16(20)21-3)12-8-5-9-13(12)23-15/h10-11H,4-9H2,1-3H3,(H,18,22). The van der Waals surface area contributed by atoms with Gasteiger partial charge in [0.05, 0.1) is 12.7 Å². The average molecular weight is 353 g/mol. The number of aryl methyl sites for hydroxylation is 1. The van der Waals surface area contributed by atoms with E-state index < -0.39 is 0 Å². The van der Waals surface area contributed by atoms with Crippen molar-refractivity contribution in [2.45, 2.75) is 64.5 Å². The fraction of sp³-hybridized carbons (Fsp3) is 0.647. The van der Waals surface area contributed by atoms with Crippen molar-refractivity contribution in [1.29, 1.82) is 0 Å². The highest BCUT2D eigenvalue weighted by Crippen LogP contribution is 2.40. The molecule has 4 nitrogen and oxygen atoms in total. The lowest BCUT2D eigenvalue weighted by Crippen LogP contribution is -2.49. The molecule has 3 rings (SSSR count). The van der Waals surface area contributed by atoms with Crippen molar-refractivity contribution < 1.29 is 9.53 Å². The number of carbonyl (C=O) groups is 1. The molecule has 2 aliphatic rings. The van der Waals surface area contributed by atoms with Crippen LogP contribution in [0.5, 0.6) is 0 Å². The van der Waals surface area contributed by atoms with E-state index in [1.165, 1.54) is 18.4 Å². The first kappa shape index (κ1) is 16.7. The first-order valence-corrected chi connectivity index (χ1v) is 9.57. The van der Waals surface area contributed by atoms with Crippen LogP contribution in [0.2, 0.25) is 0 Å². The molecule has 1 saturated heterocycles. The third-order valence-electron chi connectivity index (χ3n) is 4.96. The highest BCUT2D eigenvalue weighted by atomic mass is 32.1. The Hall–Kier alpha value is -1.14. The van der Waals surface area contributed by atoms with Gasteiger partial charge in [0.15, 0.2) is 5.11 Å².